The number of hydrogen-bond acceptors (Lipinski definition) is 5. The van der Waals surface area contributed by atoms with Crippen LogP contribution in [0.1, 0.15) is 11.9 Å². The highest BCUT2D eigenvalue weighted by Gasteiger charge is 2.43. The van der Waals surface area contributed by atoms with Crippen molar-refractivity contribution in [3.05, 3.63) is 18.2 Å². The van der Waals surface area contributed by atoms with E-state index < -0.39 is 24.5 Å². The van der Waals surface area contributed by atoms with Crippen molar-refractivity contribution in [1.29, 1.82) is 0 Å². The Kier molecular flexibility index (Phi) is 2.94. The first kappa shape index (κ1) is 11.1. The van der Waals surface area contributed by atoms with E-state index in [-0.39, 0.29) is 6.61 Å². The highest BCUT2D eigenvalue weighted by Crippen LogP contribution is 2.29. The van der Waals surface area contributed by atoms with Crippen LogP contribution in [0.3, 0.4) is 0 Å². The molecule has 16 heavy (non-hydrogen) atoms. The van der Waals surface area contributed by atoms with Crippen molar-refractivity contribution in [3.63, 3.8) is 0 Å². The van der Waals surface area contributed by atoms with Crippen LogP contribution in [0, 0.1) is 12.3 Å². The number of nitrogens with zero attached hydrogens (tertiary/aromatic N) is 2. The molecule has 1 aliphatic rings. The van der Waals surface area contributed by atoms with Gasteiger partial charge in [0.2, 0.25) is 0 Å². The molecule has 1 fully saturated rings. The molecule has 0 spiro atoms. The van der Waals surface area contributed by atoms with Crippen LogP contribution >= 0.6 is 0 Å². The number of rotatable bonds is 2. The maximum absolute atomic E-state index is 9.71. The number of aromatic nitrogens is 2. The first-order valence-corrected chi connectivity index (χ1v) is 4.80. The maximum Gasteiger partial charge on any atom is 0.164 e. The molecule has 0 aliphatic carbocycles. The molecule has 0 saturated carbocycles. The van der Waals surface area contributed by atoms with Crippen LogP contribution in [-0.4, -0.2) is 49.8 Å². The van der Waals surface area contributed by atoms with Crippen molar-refractivity contribution in [2.75, 3.05) is 6.61 Å². The molecule has 86 valence electrons. The summed E-state index contributed by atoms with van der Waals surface area (Å²) in [6, 6.07) is 0. The minimum absolute atomic E-state index is 0.356. The molecule has 2 unspecified atom stereocenters. The van der Waals surface area contributed by atoms with Gasteiger partial charge in [0.1, 0.15) is 24.0 Å². The van der Waals surface area contributed by atoms with E-state index in [0.717, 1.165) is 0 Å². The van der Waals surface area contributed by atoms with E-state index in [9.17, 15) is 10.2 Å². The topological polar surface area (TPSA) is 87.7 Å². The van der Waals surface area contributed by atoms with Gasteiger partial charge in [-0.3, -0.25) is 0 Å². The number of hydrogen-bond donors (Lipinski definition) is 3. The van der Waals surface area contributed by atoms with Gasteiger partial charge in [-0.2, -0.15) is 0 Å². The molecular weight excluding hydrogens is 212 g/mol. The average molecular weight is 224 g/mol. The minimum Gasteiger partial charge on any atom is -0.394 e. The molecule has 4 atom stereocenters. The molecular formula is C10H12N2O4. The Hall–Kier alpha value is -1.39. The molecule has 0 bridgehead atoms. The van der Waals surface area contributed by atoms with Crippen LogP contribution in [0.15, 0.2) is 12.5 Å². The highest BCUT2D eigenvalue weighted by molar-refractivity contribution is 5.21. The SMILES string of the molecule is C#Cc1cn([C@@H]2O[C@H](CO)C(O)C2O)cn1. The summed E-state index contributed by atoms with van der Waals surface area (Å²) in [5.74, 6) is 2.34. The summed E-state index contributed by atoms with van der Waals surface area (Å²) in [6.07, 6.45) is 4.30. The Labute approximate surface area is 92.1 Å². The monoisotopic (exact) mass is 224 g/mol. The number of aliphatic hydroxyl groups is 3. The third-order valence-electron chi connectivity index (χ3n) is 2.56. The average Bonchev–Trinajstić information content (AvgIpc) is 2.86. The molecule has 0 amide bonds. The molecule has 0 radical (unpaired) electrons. The first-order chi connectivity index (χ1) is 7.67. The maximum atomic E-state index is 9.71. The Morgan fingerprint density at radius 2 is 2.25 bits per heavy atom. The predicted molar refractivity (Wildman–Crippen MR) is 53.2 cm³/mol. The lowest BCUT2D eigenvalue weighted by atomic mass is 10.1. The van der Waals surface area contributed by atoms with Crippen molar-refractivity contribution in [2.24, 2.45) is 0 Å². The number of imidazole rings is 1. The van der Waals surface area contributed by atoms with E-state index in [1.54, 1.807) is 0 Å². The number of ether oxygens (including phenoxy) is 1. The third kappa shape index (κ3) is 1.70. The second kappa shape index (κ2) is 4.23. The highest BCUT2D eigenvalue weighted by atomic mass is 16.6. The summed E-state index contributed by atoms with van der Waals surface area (Å²) in [5, 5.41) is 28.2. The summed E-state index contributed by atoms with van der Waals surface area (Å²) < 4.78 is 6.75. The molecule has 6 nitrogen and oxygen atoms in total. The van der Waals surface area contributed by atoms with Crippen molar-refractivity contribution in [2.45, 2.75) is 24.5 Å². The Morgan fingerprint density at radius 1 is 1.50 bits per heavy atom. The fourth-order valence-corrected chi connectivity index (χ4v) is 1.68. The number of aliphatic hydroxyl groups excluding tert-OH is 3. The Balaban J connectivity index is 2.20. The molecule has 3 N–H and O–H groups in total. The summed E-state index contributed by atoms with van der Waals surface area (Å²) >= 11 is 0. The quantitative estimate of drug-likeness (QED) is 0.531. The van der Waals surface area contributed by atoms with Gasteiger partial charge in [0, 0.05) is 6.20 Å². The Bertz CT molecular complexity index is 411. The summed E-state index contributed by atoms with van der Waals surface area (Å²) in [5.41, 5.74) is 0.415. The molecule has 0 aromatic carbocycles. The van der Waals surface area contributed by atoms with Gasteiger partial charge >= 0.3 is 0 Å². The molecule has 1 saturated heterocycles. The lowest BCUT2D eigenvalue weighted by Crippen LogP contribution is -2.33. The first-order valence-electron chi connectivity index (χ1n) is 4.80. The summed E-state index contributed by atoms with van der Waals surface area (Å²) in [7, 11) is 0. The molecule has 6 heteroatoms. The number of terminal acetylenes is 1. The van der Waals surface area contributed by atoms with Crippen LogP contribution in [0.4, 0.5) is 0 Å². The van der Waals surface area contributed by atoms with E-state index in [1.165, 1.54) is 17.1 Å². The van der Waals surface area contributed by atoms with E-state index in [0.29, 0.717) is 5.69 Å². The van der Waals surface area contributed by atoms with Crippen LogP contribution in [0.2, 0.25) is 0 Å². The zero-order chi connectivity index (χ0) is 11.7. The third-order valence-corrected chi connectivity index (χ3v) is 2.56. The van der Waals surface area contributed by atoms with Crippen LogP contribution < -0.4 is 0 Å². The van der Waals surface area contributed by atoms with Crippen LogP contribution in [-0.2, 0) is 4.74 Å². The van der Waals surface area contributed by atoms with Crippen LogP contribution in [0.25, 0.3) is 0 Å². The minimum atomic E-state index is -1.12. The fraction of sp³-hybridized carbons (Fsp3) is 0.500. The predicted octanol–water partition coefficient (Wildman–Crippen LogP) is -1.52. The van der Waals surface area contributed by atoms with Gasteiger partial charge in [-0.1, -0.05) is 0 Å². The van der Waals surface area contributed by atoms with Gasteiger partial charge in [-0.25, -0.2) is 4.98 Å². The van der Waals surface area contributed by atoms with E-state index >= 15 is 0 Å². The van der Waals surface area contributed by atoms with Crippen molar-refractivity contribution >= 4 is 0 Å². The van der Waals surface area contributed by atoms with E-state index in [4.69, 9.17) is 16.3 Å². The van der Waals surface area contributed by atoms with Gasteiger partial charge < -0.3 is 24.6 Å². The summed E-state index contributed by atoms with van der Waals surface area (Å²) in [4.78, 5) is 3.88. The standard InChI is InChI=1S/C10H12N2O4/c1-2-6-3-12(5-11-6)10-9(15)8(14)7(4-13)16-10/h1,3,5,7-10,13-15H,4H2/t7-,8?,9?,10-/m1/s1. The second-order valence-electron chi connectivity index (χ2n) is 3.58. The van der Waals surface area contributed by atoms with Gasteiger partial charge in [-0.05, 0) is 5.92 Å². The van der Waals surface area contributed by atoms with Crippen molar-refractivity contribution in [3.8, 4) is 12.3 Å². The van der Waals surface area contributed by atoms with Gasteiger partial charge in [0.25, 0.3) is 0 Å². The lowest BCUT2D eigenvalue weighted by molar-refractivity contribution is -0.0528. The van der Waals surface area contributed by atoms with Crippen molar-refractivity contribution in [1.82, 2.24) is 9.55 Å². The normalized spacial score (nSPS) is 33.9. The zero-order valence-electron chi connectivity index (χ0n) is 8.39. The van der Waals surface area contributed by atoms with Gasteiger partial charge in [0.15, 0.2) is 6.23 Å². The Morgan fingerprint density at radius 3 is 2.75 bits per heavy atom. The van der Waals surface area contributed by atoms with Gasteiger partial charge in [0.05, 0.1) is 12.9 Å². The van der Waals surface area contributed by atoms with Crippen LogP contribution in [0.5, 0.6) is 0 Å². The molecule has 2 rings (SSSR count). The molecule has 2 heterocycles. The zero-order valence-corrected chi connectivity index (χ0v) is 8.39. The summed E-state index contributed by atoms with van der Waals surface area (Å²) in [6.45, 7) is -0.356. The second-order valence-corrected chi connectivity index (χ2v) is 3.58. The van der Waals surface area contributed by atoms with Gasteiger partial charge in [-0.15, -0.1) is 6.42 Å². The fourth-order valence-electron chi connectivity index (χ4n) is 1.68. The molecule has 1 aromatic heterocycles. The largest absolute Gasteiger partial charge is 0.394 e. The smallest absolute Gasteiger partial charge is 0.164 e. The van der Waals surface area contributed by atoms with E-state index in [2.05, 4.69) is 10.9 Å². The molecule has 1 aliphatic heterocycles. The molecule has 1 aromatic rings. The van der Waals surface area contributed by atoms with Crippen molar-refractivity contribution < 1.29 is 20.1 Å². The lowest BCUT2D eigenvalue weighted by Gasteiger charge is -2.15. The van der Waals surface area contributed by atoms with E-state index in [1.807, 2.05) is 0 Å².